The standard InChI is InChI=1S/C9H18N2O4/c1-4-7(6(2)3)10-9(14)11-15-5-8(12)13/h6-7H,4-5H2,1-3H3,(H,12,13)(H2,10,11,14). The molecule has 1 atom stereocenters. The zero-order valence-electron chi connectivity index (χ0n) is 9.24. The molecule has 0 saturated carbocycles. The number of nitrogens with one attached hydrogen (secondary N) is 2. The number of hydroxylamine groups is 1. The highest BCUT2D eigenvalue weighted by molar-refractivity contribution is 5.73. The molecule has 0 aromatic rings. The summed E-state index contributed by atoms with van der Waals surface area (Å²) >= 11 is 0. The molecule has 88 valence electrons. The number of carbonyl (C=O) groups is 2. The van der Waals surface area contributed by atoms with Gasteiger partial charge >= 0.3 is 12.0 Å². The molecule has 1 unspecified atom stereocenters. The van der Waals surface area contributed by atoms with Crippen LogP contribution in [0.3, 0.4) is 0 Å². The Balaban J connectivity index is 3.76. The first-order valence-electron chi connectivity index (χ1n) is 4.87. The Morgan fingerprint density at radius 2 is 2.00 bits per heavy atom. The molecule has 0 aromatic heterocycles. The van der Waals surface area contributed by atoms with Gasteiger partial charge in [-0.3, -0.25) is 4.84 Å². The van der Waals surface area contributed by atoms with Gasteiger partial charge in [0.1, 0.15) is 0 Å². The SMILES string of the molecule is CCC(NC(=O)NOCC(=O)O)C(C)C. The first-order valence-corrected chi connectivity index (χ1v) is 4.87. The largest absolute Gasteiger partial charge is 0.479 e. The Bertz CT molecular complexity index is 218. The Labute approximate surface area is 88.9 Å². The van der Waals surface area contributed by atoms with Gasteiger partial charge in [-0.05, 0) is 12.3 Å². The molecule has 0 heterocycles. The lowest BCUT2D eigenvalue weighted by atomic mass is 10.0. The third kappa shape index (κ3) is 6.73. The lowest BCUT2D eigenvalue weighted by Gasteiger charge is -2.20. The number of carboxylic acids is 1. The number of carbonyl (C=O) groups excluding carboxylic acids is 1. The van der Waals surface area contributed by atoms with Crippen LogP contribution in [-0.2, 0) is 9.63 Å². The summed E-state index contributed by atoms with van der Waals surface area (Å²) in [5.74, 6) is -0.813. The molecule has 0 aliphatic rings. The maximum atomic E-state index is 11.2. The number of hydrogen-bond donors (Lipinski definition) is 3. The average molecular weight is 218 g/mol. The molecule has 0 spiro atoms. The molecule has 6 heteroatoms. The van der Waals surface area contributed by atoms with Gasteiger partial charge in [0.05, 0.1) is 0 Å². The highest BCUT2D eigenvalue weighted by Crippen LogP contribution is 2.04. The summed E-state index contributed by atoms with van der Waals surface area (Å²) in [6, 6.07) is -0.463. The minimum atomic E-state index is -1.13. The number of urea groups is 1. The molecule has 0 aliphatic carbocycles. The third-order valence-electron chi connectivity index (χ3n) is 1.92. The van der Waals surface area contributed by atoms with Crippen molar-refractivity contribution < 1.29 is 19.5 Å². The van der Waals surface area contributed by atoms with Crippen LogP contribution in [0.15, 0.2) is 0 Å². The van der Waals surface area contributed by atoms with E-state index in [2.05, 4.69) is 10.2 Å². The highest BCUT2D eigenvalue weighted by Gasteiger charge is 2.13. The summed E-state index contributed by atoms with van der Waals surface area (Å²) < 4.78 is 0. The molecule has 0 fully saturated rings. The fourth-order valence-corrected chi connectivity index (χ4v) is 1.10. The van der Waals surface area contributed by atoms with Crippen LogP contribution < -0.4 is 10.8 Å². The lowest BCUT2D eigenvalue weighted by molar-refractivity contribution is -0.144. The quantitative estimate of drug-likeness (QED) is 0.574. The number of aliphatic carboxylic acids is 1. The minimum Gasteiger partial charge on any atom is -0.479 e. The molecular formula is C9H18N2O4. The molecule has 0 aromatic carbocycles. The van der Waals surface area contributed by atoms with Gasteiger partial charge in [-0.15, -0.1) is 0 Å². The third-order valence-corrected chi connectivity index (χ3v) is 1.92. The summed E-state index contributed by atoms with van der Waals surface area (Å²) in [5, 5.41) is 10.9. The van der Waals surface area contributed by atoms with Gasteiger partial charge in [0, 0.05) is 6.04 Å². The molecule has 0 radical (unpaired) electrons. The average Bonchev–Trinajstić information content (AvgIpc) is 2.13. The number of rotatable bonds is 6. The monoisotopic (exact) mass is 218 g/mol. The van der Waals surface area contributed by atoms with Crippen molar-refractivity contribution in [1.29, 1.82) is 0 Å². The molecule has 0 saturated heterocycles. The van der Waals surface area contributed by atoms with E-state index < -0.39 is 18.6 Å². The summed E-state index contributed by atoms with van der Waals surface area (Å²) in [7, 11) is 0. The van der Waals surface area contributed by atoms with Gasteiger partial charge in [0.25, 0.3) is 0 Å². The van der Waals surface area contributed by atoms with Crippen molar-refractivity contribution >= 4 is 12.0 Å². The van der Waals surface area contributed by atoms with Gasteiger partial charge in [0.2, 0.25) is 0 Å². The van der Waals surface area contributed by atoms with Gasteiger partial charge < -0.3 is 10.4 Å². The lowest BCUT2D eigenvalue weighted by Crippen LogP contribution is -2.44. The van der Waals surface area contributed by atoms with Crippen LogP contribution in [0, 0.1) is 5.92 Å². The van der Waals surface area contributed by atoms with E-state index >= 15 is 0 Å². The first kappa shape index (κ1) is 13.7. The van der Waals surface area contributed by atoms with E-state index in [-0.39, 0.29) is 6.04 Å². The van der Waals surface area contributed by atoms with Gasteiger partial charge in [0.15, 0.2) is 6.61 Å². The molecule has 0 rings (SSSR count). The van der Waals surface area contributed by atoms with Crippen LogP contribution >= 0.6 is 0 Å². The van der Waals surface area contributed by atoms with Crippen molar-refractivity contribution in [2.45, 2.75) is 33.2 Å². The van der Waals surface area contributed by atoms with E-state index in [1.54, 1.807) is 0 Å². The van der Waals surface area contributed by atoms with Crippen molar-refractivity contribution in [2.75, 3.05) is 6.61 Å². The van der Waals surface area contributed by atoms with E-state index in [1.165, 1.54) is 0 Å². The zero-order chi connectivity index (χ0) is 11.8. The van der Waals surface area contributed by atoms with Gasteiger partial charge in [-0.1, -0.05) is 20.8 Å². The summed E-state index contributed by atoms with van der Waals surface area (Å²) in [5.41, 5.74) is 2.00. The normalized spacial score (nSPS) is 12.3. The molecule has 0 aliphatic heterocycles. The Kier molecular flexibility index (Phi) is 6.44. The van der Waals surface area contributed by atoms with Crippen molar-refractivity contribution in [2.24, 2.45) is 5.92 Å². The molecule has 6 nitrogen and oxygen atoms in total. The Morgan fingerprint density at radius 1 is 1.40 bits per heavy atom. The fourth-order valence-electron chi connectivity index (χ4n) is 1.10. The maximum absolute atomic E-state index is 11.2. The van der Waals surface area contributed by atoms with Crippen LogP contribution in [0.4, 0.5) is 4.79 Å². The van der Waals surface area contributed by atoms with Crippen LogP contribution in [-0.4, -0.2) is 29.8 Å². The molecule has 2 amide bonds. The summed E-state index contributed by atoms with van der Waals surface area (Å²) in [6.07, 6.45) is 0.810. The first-order chi connectivity index (χ1) is 6.97. The molecule has 0 bridgehead atoms. The van der Waals surface area contributed by atoms with E-state index in [1.807, 2.05) is 26.3 Å². The van der Waals surface area contributed by atoms with Gasteiger partial charge in [-0.2, -0.15) is 0 Å². The number of hydrogen-bond acceptors (Lipinski definition) is 3. The number of amides is 2. The van der Waals surface area contributed by atoms with E-state index in [0.717, 1.165) is 6.42 Å². The van der Waals surface area contributed by atoms with E-state index in [4.69, 9.17) is 5.11 Å². The van der Waals surface area contributed by atoms with Crippen LogP contribution in [0.25, 0.3) is 0 Å². The van der Waals surface area contributed by atoms with Crippen molar-refractivity contribution in [1.82, 2.24) is 10.8 Å². The van der Waals surface area contributed by atoms with Crippen molar-refractivity contribution in [3.8, 4) is 0 Å². The molecule has 3 N–H and O–H groups in total. The van der Waals surface area contributed by atoms with Crippen molar-refractivity contribution in [3.05, 3.63) is 0 Å². The number of carboxylic acid groups (broad SMARTS) is 1. The fraction of sp³-hybridized carbons (Fsp3) is 0.778. The van der Waals surface area contributed by atoms with Crippen molar-refractivity contribution in [3.63, 3.8) is 0 Å². The van der Waals surface area contributed by atoms with E-state index in [0.29, 0.717) is 5.92 Å². The van der Waals surface area contributed by atoms with Crippen LogP contribution in [0.5, 0.6) is 0 Å². The van der Waals surface area contributed by atoms with Gasteiger partial charge in [-0.25, -0.2) is 15.1 Å². The Hall–Kier alpha value is -1.30. The highest BCUT2D eigenvalue weighted by atomic mass is 16.7. The van der Waals surface area contributed by atoms with Crippen LogP contribution in [0.1, 0.15) is 27.2 Å². The maximum Gasteiger partial charge on any atom is 0.338 e. The second kappa shape index (κ2) is 7.05. The Morgan fingerprint density at radius 3 is 2.40 bits per heavy atom. The van der Waals surface area contributed by atoms with E-state index in [9.17, 15) is 9.59 Å². The second-order valence-electron chi connectivity index (χ2n) is 3.52. The summed E-state index contributed by atoms with van der Waals surface area (Å²) in [4.78, 5) is 25.6. The minimum absolute atomic E-state index is 0.0541. The smallest absolute Gasteiger partial charge is 0.338 e. The van der Waals surface area contributed by atoms with Crippen LogP contribution in [0.2, 0.25) is 0 Å². The molecular weight excluding hydrogens is 200 g/mol. The zero-order valence-corrected chi connectivity index (χ0v) is 9.24. The topological polar surface area (TPSA) is 87.7 Å². The summed E-state index contributed by atoms with van der Waals surface area (Å²) in [6.45, 7) is 5.40. The second-order valence-corrected chi connectivity index (χ2v) is 3.52. The predicted molar refractivity (Wildman–Crippen MR) is 54.2 cm³/mol. The molecule has 15 heavy (non-hydrogen) atoms. The predicted octanol–water partition coefficient (Wildman–Crippen LogP) is 0.736.